The second kappa shape index (κ2) is 5.18. The molecule has 1 saturated heterocycles. The summed E-state index contributed by atoms with van der Waals surface area (Å²) in [4.78, 5) is 15.1. The minimum atomic E-state index is -0.989. The maximum Gasteiger partial charge on any atom is 0.174 e. The summed E-state index contributed by atoms with van der Waals surface area (Å²) in [7, 11) is 0. The quantitative estimate of drug-likeness (QED) is 0.843. The van der Waals surface area contributed by atoms with Crippen LogP contribution in [0.25, 0.3) is 0 Å². The van der Waals surface area contributed by atoms with Gasteiger partial charge in [-0.3, -0.25) is 9.69 Å². The zero-order chi connectivity index (χ0) is 18.1. The van der Waals surface area contributed by atoms with Crippen LogP contribution < -0.4 is 4.74 Å². The third-order valence-electron chi connectivity index (χ3n) is 7.13. The lowest BCUT2D eigenvalue weighted by molar-refractivity contribution is -0.188. The topological polar surface area (TPSA) is 73.6 Å². The predicted molar refractivity (Wildman–Crippen MR) is 94.9 cm³/mol. The van der Waals surface area contributed by atoms with Crippen LogP contribution in [0.15, 0.2) is 24.8 Å². The van der Waals surface area contributed by atoms with Gasteiger partial charge in [0.1, 0.15) is 11.8 Å². The average Bonchev–Trinajstić information content (AvgIpc) is 2.99. The first kappa shape index (κ1) is 16.0. The van der Waals surface area contributed by atoms with E-state index in [1.807, 2.05) is 12.1 Å². The highest BCUT2D eigenvalue weighted by Gasteiger charge is 2.72. The molecule has 1 aromatic carbocycles. The first-order valence-corrected chi connectivity index (χ1v) is 9.40. The number of ketones is 1. The molecule has 0 unspecified atom stereocenters. The minimum absolute atomic E-state index is 0.0261. The van der Waals surface area contributed by atoms with Gasteiger partial charge in [-0.2, -0.15) is 5.26 Å². The molecule has 1 spiro atoms. The van der Waals surface area contributed by atoms with Gasteiger partial charge in [0.15, 0.2) is 11.9 Å². The van der Waals surface area contributed by atoms with E-state index in [-0.39, 0.29) is 11.8 Å². The molecule has 0 aromatic heterocycles. The summed E-state index contributed by atoms with van der Waals surface area (Å²) in [6.07, 6.45) is 4.35. The molecule has 2 fully saturated rings. The van der Waals surface area contributed by atoms with Crippen LogP contribution in [0.3, 0.4) is 0 Å². The van der Waals surface area contributed by atoms with E-state index in [0.717, 1.165) is 37.1 Å². The van der Waals surface area contributed by atoms with E-state index in [2.05, 4.69) is 17.5 Å². The van der Waals surface area contributed by atoms with E-state index >= 15 is 0 Å². The van der Waals surface area contributed by atoms with Crippen molar-refractivity contribution in [3.63, 3.8) is 0 Å². The van der Waals surface area contributed by atoms with Gasteiger partial charge in [0.05, 0.1) is 16.6 Å². The zero-order valence-corrected chi connectivity index (χ0v) is 14.7. The molecule has 5 rings (SSSR count). The van der Waals surface area contributed by atoms with Crippen LogP contribution in [-0.4, -0.2) is 46.6 Å². The molecular weight excluding hydrogens is 328 g/mol. The molecule has 1 saturated carbocycles. The number of carbonyl (C=O) groups is 1. The Morgan fingerprint density at radius 1 is 1.46 bits per heavy atom. The van der Waals surface area contributed by atoms with E-state index in [1.165, 1.54) is 0 Å². The summed E-state index contributed by atoms with van der Waals surface area (Å²) < 4.78 is 6.13. The summed E-state index contributed by atoms with van der Waals surface area (Å²) >= 11 is 0. The van der Waals surface area contributed by atoms with E-state index in [0.29, 0.717) is 30.6 Å². The highest BCUT2D eigenvalue weighted by molar-refractivity contribution is 5.90. The molecule has 5 nitrogen and oxygen atoms in total. The van der Waals surface area contributed by atoms with Crippen molar-refractivity contribution < 1.29 is 14.6 Å². The second-order valence-corrected chi connectivity index (χ2v) is 8.03. The molecule has 1 N–H and O–H groups in total. The molecule has 4 atom stereocenters. The molecule has 2 bridgehead atoms. The zero-order valence-electron chi connectivity index (χ0n) is 14.7. The Morgan fingerprint density at radius 3 is 3.08 bits per heavy atom. The van der Waals surface area contributed by atoms with Gasteiger partial charge in [-0.15, -0.1) is 6.58 Å². The number of hydrogen-bond acceptors (Lipinski definition) is 5. The molecule has 134 valence electrons. The van der Waals surface area contributed by atoms with Crippen LogP contribution in [0, 0.1) is 11.3 Å². The molecule has 4 aliphatic rings. The highest BCUT2D eigenvalue weighted by atomic mass is 16.5. The Balaban J connectivity index is 1.74. The normalized spacial score (nSPS) is 36.8. The number of aliphatic hydroxyl groups is 1. The molecule has 1 aromatic rings. The second-order valence-electron chi connectivity index (χ2n) is 8.03. The first-order valence-electron chi connectivity index (χ1n) is 9.40. The Morgan fingerprint density at radius 2 is 2.31 bits per heavy atom. The first-order chi connectivity index (χ1) is 12.6. The fourth-order valence-corrected chi connectivity index (χ4v) is 6.04. The van der Waals surface area contributed by atoms with Crippen molar-refractivity contribution in [2.45, 2.75) is 55.3 Å². The average molecular weight is 350 g/mol. The van der Waals surface area contributed by atoms with Crippen LogP contribution in [0.4, 0.5) is 0 Å². The minimum Gasteiger partial charge on any atom is -0.480 e. The maximum atomic E-state index is 12.8. The number of piperidine rings is 1. The lowest BCUT2D eigenvalue weighted by Gasteiger charge is -2.62. The number of ether oxygens (including phenoxy) is 1. The van der Waals surface area contributed by atoms with Gasteiger partial charge < -0.3 is 9.84 Å². The molecular formula is C21H22N2O3. The SMILES string of the molecule is C=CCCN1CC[C@]23c4c5ccc(C#N)c4O[C@H]2C(=O)CC[C@@]3(O)[C@H]1C5. The van der Waals surface area contributed by atoms with Crippen LogP contribution in [-0.2, 0) is 16.6 Å². The Labute approximate surface area is 152 Å². The van der Waals surface area contributed by atoms with Gasteiger partial charge in [-0.1, -0.05) is 12.1 Å². The fraction of sp³-hybridized carbons (Fsp3) is 0.524. The van der Waals surface area contributed by atoms with Crippen molar-refractivity contribution in [1.29, 1.82) is 5.26 Å². The maximum absolute atomic E-state index is 12.8. The molecule has 0 radical (unpaired) electrons. The molecule has 2 heterocycles. The van der Waals surface area contributed by atoms with Crippen LogP contribution in [0.2, 0.25) is 0 Å². The summed E-state index contributed by atoms with van der Waals surface area (Å²) in [5, 5.41) is 21.5. The van der Waals surface area contributed by atoms with Crippen LogP contribution in [0.5, 0.6) is 5.75 Å². The molecule has 26 heavy (non-hydrogen) atoms. The largest absolute Gasteiger partial charge is 0.480 e. The molecule has 0 amide bonds. The van der Waals surface area contributed by atoms with Crippen molar-refractivity contribution in [2.24, 2.45) is 0 Å². The van der Waals surface area contributed by atoms with Gasteiger partial charge in [0, 0.05) is 24.6 Å². The third-order valence-corrected chi connectivity index (χ3v) is 7.13. The van der Waals surface area contributed by atoms with Crippen LogP contribution in [0.1, 0.15) is 42.4 Å². The van der Waals surface area contributed by atoms with Gasteiger partial charge >= 0.3 is 0 Å². The number of nitrogens with zero attached hydrogens (tertiary/aromatic N) is 2. The van der Waals surface area contributed by atoms with E-state index in [4.69, 9.17) is 4.74 Å². The molecule has 2 aliphatic carbocycles. The predicted octanol–water partition coefficient (Wildman–Crippen LogP) is 1.86. The summed E-state index contributed by atoms with van der Waals surface area (Å²) in [6, 6.07) is 5.96. The summed E-state index contributed by atoms with van der Waals surface area (Å²) in [5.41, 5.74) is 0.839. The molecule has 2 aliphatic heterocycles. The smallest absolute Gasteiger partial charge is 0.174 e. The van der Waals surface area contributed by atoms with E-state index in [9.17, 15) is 15.2 Å². The Hall–Kier alpha value is -2.16. The van der Waals surface area contributed by atoms with Crippen molar-refractivity contribution in [3.05, 3.63) is 41.5 Å². The Kier molecular flexibility index (Phi) is 3.20. The van der Waals surface area contributed by atoms with Crippen molar-refractivity contribution in [1.82, 2.24) is 4.90 Å². The number of benzene rings is 1. The molecule has 5 heteroatoms. The van der Waals surface area contributed by atoms with E-state index < -0.39 is 17.1 Å². The number of nitriles is 1. The monoisotopic (exact) mass is 350 g/mol. The van der Waals surface area contributed by atoms with Crippen LogP contribution >= 0.6 is 0 Å². The number of carbonyl (C=O) groups excluding carboxylic acids is 1. The number of rotatable bonds is 3. The highest BCUT2D eigenvalue weighted by Crippen LogP contribution is 2.63. The van der Waals surface area contributed by atoms with Crippen molar-refractivity contribution in [3.8, 4) is 11.8 Å². The van der Waals surface area contributed by atoms with Crippen molar-refractivity contribution >= 4 is 5.78 Å². The van der Waals surface area contributed by atoms with Gasteiger partial charge in [-0.25, -0.2) is 0 Å². The van der Waals surface area contributed by atoms with Crippen molar-refractivity contribution in [2.75, 3.05) is 13.1 Å². The number of likely N-dealkylation sites (tertiary alicyclic amines) is 1. The standard InChI is InChI=1S/C21H22N2O3/c1-2-3-9-23-10-8-20-17-13-4-5-14(12-22)18(17)26-19(20)15(24)6-7-21(20,25)16(23)11-13/h2,4-5,16,19,25H,1,3,6-11H2/t16-,19+,20+,21-/m1/s1. The van der Waals surface area contributed by atoms with E-state index in [1.54, 1.807) is 6.07 Å². The summed E-state index contributed by atoms with van der Waals surface area (Å²) in [6.45, 7) is 5.51. The number of hydrogen-bond donors (Lipinski definition) is 1. The van der Waals surface area contributed by atoms with Gasteiger partial charge in [0.25, 0.3) is 0 Å². The lowest BCUT2D eigenvalue weighted by atomic mass is 9.49. The summed E-state index contributed by atoms with van der Waals surface area (Å²) in [5.74, 6) is 0.600. The lowest BCUT2D eigenvalue weighted by Crippen LogP contribution is -2.76. The third kappa shape index (κ3) is 1.65. The van der Waals surface area contributed by atoms with Gasteiger partial charge in [0.2, 0.25) is 0 Å². The van der Waals surface area contributed by atoms with Gasteiger partial charge in [-0.05, 0) is 43.9 Å². The number of Topliss-reactive ketones (excluding diaryl/α,β-unsaturated/α-hetero) is 1. The Bertz CT molecular complexity index is 873. The fourth-order valence-electron chi connectivity index (χ4n) is 6.04.